The summed E-state index contributed by atoms with van der Waals surface area (Å²) in [5, 5.41) is 3.14. The number of anilines is 1. The van der Waals surface area contributed by atoms with Gasteiger partial charge in [0.25, 0.3) is 11.8 Å². The van der Waals surface area contributed by atoms with Crippen LogP contribution in [0.15, 0.2) is 54.7 Å². The van der Waals surface area contributed by atoms with E-state index in [-0.39, 0.29) is 5.91 Å². The molecular formula is C31H33ClN6O3. The number of hydrogen-bond donors (Lipinski definition) is 3. The number of hydrazine groups is 1. The summed E-state index contributed by atoms with van der Waals surface area (Å²) < 4.78 is 0. The van der Waals surface area contributed by atoms with E-state index in [4.69, 9.17) is 11.6 Å². The Hall–Kier alpha value is -4.23. The van der Waals surface area contributed by atoms with E-state index in [1.54, 1.807) is 61.7 Å². The topological polar surface area (TPSA) is 107 Å². The normalized spacial score (nSPS) is 13.6. The maximum atomic E-state index is 12.7. The monoisotopic (exact) mass is 572 g/mol. The van der Waals surface area contributed by atoms with E-state index >= 15 is 0 Å². The quantitative estimate of drug-likeness (QED) is 0.309. The second-order valence-corrected chi connectivity index (χ2v) is 10.4. The third kappa shape index (κ3) is 8.38. The molecule has 0 saturated carbocycles. The third-order valence-electron chi connectivity index (χ3n) is 6.86. The molecule has 1 aromatic heterocycles. The lowest BCUT2D eigenvalue weighted by Gasteiger charge is -2.32. The molecule has 10 heteroatoms. The van der Waals surface area contributed by atoms with E-state index in [2.05, 4.69) is 49.8 Å². The summed E-state index contributed by atoms with van der Waals surface area (Å²) in [5.41, 5.74) is 8.39. The van der Waals surface area contributed by atoms with Crippen LogP contribution in [-0.4, -0.2) is 72.3 Å². The van der Waals surface area contributed by atoms with Crippen molar-refractivity contribution >= 4 is 35.1 Å². The first-order valence-corrected chi connectivity index (χ1v) is 13.7. The van der Waals surface area contributed by atoms with Gasteiger partial charge < -0.3 is 15.1 Å². The average Bonchev–Trinajstić information content (AvgIpc) is 2.96. The smallest absolute Gasteiger partial charge is 0.271 e. The summed E-state index contributed by atoms with van der Waals surface area (Å²) in [6.45, 7) is 8.38. The number of carbonyl (C=O) groups excluding carboxylic acids is 3. The van der Waals surface area contributed by atoms with Gasteiger partial charge in [-0.05, 0) is 62.4 Å². The minimum absolute atomic E-state index is 0.0702. The number of nitrogens with zero attached hydrogens (tertiary/aromatic N) is 3. The van der Waals surface area contributed by atoms with Gasteiger partial charge in [0.2, 0.25) is 5.91 Å². The van der Waals surface area contributed by atoms with Crippen LogP contribution in [-0.2, 0) is 4.79 Å². The van der Waals surface area contributed by atoms with Crippen LogP contribution in [0.1, 0.15) is 49.4 Å². The summed E-state index contributed by atoms with van der Waals surface area (Å²) in [7, 11) is 2.11. The number of likely N-dealkylation sites (N-methyl/N-ethyl adjacent to an activating group) is 1. The number of pyridine rings is 1. The first-order chi connectivity index (χ1) is 19.7. The van der Waals surface area contributed by atoms with Gasteiger partial charge in [-0.25, -0.2) is 4.98 Å². The number of aryl methyl sites for hydroxylation is 2. The van der Waals surface area contributed by atoms with Crippen LogP contribution in [0.5, 0.6) is 0 Å². The van der Waals surface area contributed by atoms with Gasteiger partial charge in [0.1, 0.15) is 5.82 Å². The predicted octanol–water partition coefficient (Wildman–Crippen LogP) is 3.40. The van der Waals surface area contributed by atoms with Crippen LogP contribution in [0, 0.1) is 25.7 Å². The van der Waals surface area contributed by atoms with E-state index < -0.39 is 11.8 Å². The van der Waals surface area contributed by atoms with Crippen LogP contribution in [0.4, 0.5) is 5.82 Å². The fourth-order valence-corrected chi connectivity index (χ4v) is 4.59. The zero-order valence-corrected chi connectivity index (χ0v) is 24.1. The number of piperazine rings is 1. The van der Waals surface area contributed by atoms with Gasteiger partial charge >= 0.3 is 0 Å². The highest BCUT2D eigenvalue weighted by Gasteiger charge is 2.16. The summed E-state index contributed by atoms with van der Waals surface area (Å²) >= 11 is 6.14. The van der Waals surface area contributed by atoms with Gasteiger partial charge in [-0.3, -0.25) is 25.2 Å². The van der Waals surface area contributed by atoms with Crippen LogP contribution < -0.4 is 16.2 Å². The molecule has 0 aliphatic carbocycles. The number of aromatic nitrogens is 1. The Morgan fingerprint density at radius 2 is 1.68 bits per heavy atom. The molecule has 41 heavy (non-hydrogen) atoms. The zero-order chi connectivity index (χ0) is 29.4. The fourth-order valence-electron chi connectivity index (χ4n) is 4.28. The predicted molar refractivity (Wildman–Crippen MR) is 160 cm³/mol. The molecular weight excluding hydrogens is 540 g/mol. The standard InChI is InChI=1S/C31H33ClN6O3/c1-21-7-10-25(30(40)35-36-31(41)29-22(2)5-4-6-26(29)32)19-24(21)11-8-23-9-12-27(33-20-23)34-28(39)13-14-38-17-15-37(3)16-18-38/h4-7,9-10,12,19-20H,13-18H2,1-3H3,(H,35,40)(H,36,41)(H,33,34,39). The SMILES string of the molecule is Cc1ccc(C(=O)NNC(=O)c2c(C)cccc2Cl)cc1C#Cc1ccc(NC(=O)CCN2CCN(C)CC2)nc1. The summed E-state index contributed by atoms with van der Waals surface area (Å²) in [6.07, 6.45) is 2.01. The Labute approximate surface area is 245 Å². The Morgan fingerprint density at radius 3 is 2.39 bits per heavy atom. The van der Waals surface area contributed by atoms with Crippen molar-refractivity contribution in [2.45, 2.75) is 20.3 Å². The molecule has 1 fully saturated rings. The van der Waals surface area contributed by atoms with Crippen molar-refractivity contribution in [3.8, 4) is 11.8 Å². The largest absolute Gasteiger partial charge is 0.311 e. The van der Waals surface area contributed by atoms with Crippen LogP contribution in [0.2, 0.25) is 5.02 Å². The van der Waals surface area contributed by atoms with E-state index in [0.717, 1.165) is 38.3 Å². The Balaban J connectivity index is 1.32. The van der Waals surface area contributed by atoms with Crippen molar-refractivity contribution < 1.29 is 14.4 Å². The molecule has 1 aliphatic rings. The molecule has 0 atom stereocenters. The maximum Gasteiger partial charge on any atom is 0.271 e. The molecule has 2 aromatic carbocycles. The van der Waals surface area contributed by atoms with Crippen molar-refractivity contribution in [1.29, 1.82) is 0 Å². The Kier molecular flexibility index (Phi) is 10.1. The van der Waals surface area contributed by atoms with E-state index in [0.29, 0.717) is 45.1 Å². The summed E-state index contributed by atoms with van der Waals surface area (Å²) in [5.74, 6) is 5.55. The Bertz CT molecular complexity index is 1470. The molecule has 3 aromatic rings. The number of rotatable bonds is 6. The van der Waals surface area contributed by atoms with Gasteiger partial charge in [-0.15, -0.1) is 0 Å². The highest BCUT2D eigenvalue weighted by molar-refractivity contribution is 6.34. The second-order valence-electron chi connectivity index (χ2n) is 9.99. The van der Waals surface area contributed by atoms with Crippen molar-refractivity contribution in [2.24, 2.45) is 0 Å². The maximum absolute atomic E-state index is 12.7. The minimum Gasteiger partial charge on any atom is -0.311 e. The van der Waals surface area contributed by atoms with E-state index in [9.17, 15) is 14.4 Å². The summed E-state index contributed by atoms with van der Waals surface area (Å²) in [6, 6.07) is 13.7. The molecule has 9 nitrogen and oxygen atoms in total. The molecule has 0 bridgehead atoms. The van der Waals surface area contributed by atoms with E-state index in [1.165, 1.54) is 0 Å². The number of benzene rings is 2. The molecule has 3 amide bonds. The molecule has 0 unspecified atom stereocenters. The molecule has 4 rings (SSSR count). The van der Waals surface area contributed by atoms with Crippen molar-refractivity contribution in [1.82, 2.24) is 25.6 Å². The van der Waals surface area contributed by atoms with Crippen LogP contribution >= 0.6 is 11.6 Å². The van der Waals surface area contributed by atoms with E-state index in [1.807, 2.05) is 6.92 Å². The molecule has 212 valence electrons. The number of nitrogens with one attached hydrogen (secondary N) is 3. The highest BCUT2D eigenvalue weighted by atomic mass is 35.5. The molecule has 0 spiro atoms. The number of hydrogen-bond acceptors (Lipinski definition) is 6. The first-order valence-electron chi connectivity index (χ1n) is 13.3. The lowest BCUT2D eigenvalue weighted by Crippen LogP contribution is -2.45. The Morgan fingerprint density at radius 1 is 0.927 bits per heavy atom. The molecule has 3 N–H and O–H groups in total. The zero-order valence-electron chi connectivity index (χ0n) is 23.4. The van der Waals surface area contributed by atoms with Crippen LogP contribution in [0.3, 0.4) is 0 Å². The van der Waals surface area contributed by atoms with Crippen molar-refractivity contribution in [2.75, 3.05) is 45.1 Å². The number of halogens is 1. The van der Waals surface area contributed by atoms with Crippen molar-refractivity contribution in [3.63, 3.8) is 0 Å². The van der Waals surface area contributed by atoms with Crippen LogP contribution in [0.25, 0.3) is 0 Å². The molecule has 1 aliphatic heterocycles. The minimum atomic E-state index is -0.504. The van der Waals surface area contributed by atoms with Gasteiger partial charge in [0.15, 0.2) is 0 Å². The first kappa shape index (κ1) is 29.7. The summed E-state index contributed by atoms with van der Waals surface area (Å²) in [4.78, 5) is 46.5. The molecule has 2 heterocycles. The molecule has 0 radical (unpaired) electrons. The highest BCUT2D eigenvalue weighted by Crippen LogP contribution is 2.19. The van der Waals surface area contributed by atoms with Gasteiger partial charge in [-0.1, -0.05) is 41.6 Å². The number of carbonyl (C=O) groups is 3. The lowest BCUT2D eigenvalue weighted by atomic mass is 10.0. The second kappa shape index (κ2) is 13.9. The van der Waals surface area contributed by atoms with Gasteiger partial charge in [0, 0.05) is 62.0 Å². The fraction of sp³-hybridized carbons (Fsp3) is 0.290. The molecule has 1 saturated heterocycles. The average molecular weight is 573 g/mol. The van der Waals surface area contributed by atoms with Gasteiger partial charge in [0.05, 0.1) is 10.6 Å². The lowest BCUT2D eigenvalue weighted by molar-refractivity contribution is -0.116. The van der Waals surface area contributed by atoms with Crippen molar-refractivity contribution in [3.05, 3.63) is 93.1 Å². The number of amides is 3. The third-order valence-corrected chi connectivity index (χ3v) is 7.18. The van der Waals surface area contributed by atoms with Gasteiger partial charge in [-0.2, -0.15) is 0 Å².